The first-order valence-corrected chi connectivity index (χ1v) is 19.1. The molecule has 1 aliphatic rings. The van der Waals surface area contributed by atoms with Gasteiger partial charge in [-0.25, -0.2) is 0 Å². The normalized spacial score (nSPS) is 13.1. The average molecular weight is 704 g/mol. The molecule has 0 unspecified atom stereocenters. The average Bonchev–Trinajstić information content (AvgIpc) is 3.73. The lowest BCUT2D eigenvalue weighted by molar-refractivity contribution is 0.660. The summed E-state index contributed by atoms with van der Waals surface area (Å²) in [4.78, 5) is 2.40. The fraction of sp³-hybridized carbons (Fsp3) is 0.0566. The Hall–Kier alpha value is -6.90. The quantitative estimate of drug-likeness (QED) is 0.166. The van der Waals surface area contributed by atoms with E-state index in [1.165, 1.54) is 54.9 Å². The van der Waals surface area contributed by atoms with E-state index in [0.29, 0.717) is 0 Å². The largest absolute Gasteiger partial charge is 0.455 e. The molecule has 0 amide bonds. The molecule has 0 saturated carbocycles. The number of hydrogen-bond donors (Lipinski definition) is 0. The highest BCUT2D eigenvalue weighted by Gasteiger charge is 2.35. The summed E-state index contributed by atoms with van der Waals surface area (Å²) in [7, 11) is 0. The second-order valence-corrected chi connectivity index (χ2v) is 15.3. The van der Waals surface area contributed by atoms with Crippen LogP contribution in [-0.4, -0.2) is 0 Å². The number of anilines is 3. The lowest BCUT2D eigenvalue weighted by Gasteiger charge is -2.28. The molecule has 1 aromatic heterocycles. The minimum Gasteiger partial charge on any atom is -0.455 e. The number of hydrogen-bond acceptors (Lipinski definition) is 2. The Morgan fingerprint density at radius 1 is 0.382 bits per heavy atom. The van der Waals surface area contributed by atoms with E-state index in [0.717, 1.165) is 50.1 Å². The van der Waals surface area contributed by atoms with Gasteiger partial charge >= 0.3 is 0 Å². The fourth-order valence-corrected chi connectivity index (χ4v) is 9.13. The standard InChI is InChI=1S/C53H37NO/c1-53(2)49-20-9-7-16-44(49)45-31-30-39(33-50(45)53)54(37-26-22-34(23-27-37)41-18-11-19-47-46-17-8-10-21-51(46)55-52(41)47)38-28-24-35(25-29-38)48-32-36-12-3-4-13-40(36)42-14-5-6-15-43(42)48/h3-33H,1-2H3. The fourth-order valence-electron chi connectivity index (χ4n) is 9.13. The Balaban J connectivity index is 1.05. The van der Waals surface area contributed by atoms with Crippen molar-refractivity contribution in [1.29, 1.82) is 0 Å². The van der Waals surface area contributed by atoms with Crippen molar-refractivity contribution in [2.75, 3.05) is 4.90 Å². The van der Waals surface area contributed by atoms with Gasteiger partial charge in [0.15, 0.2) is 0 Å². The topological polar surface area (TPSA) is 16.4 Å². The molecule has 55 heavy (non-hydrogen) atoms. The Bertz CT molecular complexity index is 3110. The first kappa shape index (κ1) is 31.6. The van der Waals surface area contributed by atoms with Gasteiger partial charge in [-0.05, 0) is 109 Å². The number of furan rings is 1. The van der Waals surface area contributed by atoms with Gasteiger partial charge in [0.25, 0.3) is 0 Å². The van der Waals surface area contributed by atoms with Gasteiger partial charge in [0.2, 0.25) is 0 Å². The van der Waals surface area contributed by atoms with Gasteiger partial charge in [-0.1, -0.05) is 153 Å². The van der Waals surface area contributed by atoms with Gasteiger partial charge in [-0.15, -0.1) is 0 Å². The van der Waals surface area contributed by atoms with Crippen LogP contribution in [0.4, 0.5) is 17.1 Å². The number of rotatable bonds is 5. The minimum atomic E-state index is -0.107. The monoisotopic (exact) mass is 703 g/mol. The second kappa shape index (κ2) is 12.1. The molecule has 1 aliphatic carbocycles. The molecule has 10 aromatic rings. The van der Waals surface area contributed by atoms with Crippen molar-refractivity contribution in [3.63, 3.8) is 0 Å². The van der Waals surface area contributed by atoms with Crippen molar-refractivity contribution < 1.29 is 4.42 Å². The summed E-state index contributed by atoms with van der Waals surface area (Å²) in [5, 5.41) is 7.36. The summed E-state index contributed by atoms with van der Waals surface area (Å²) >= 11 is 0. The van der Waals surface area contributed by atoms with Crippen LogP contribution in [0.5, 0.6) is 0 Å². The molecule has 1 heterocycles. The summed E-state index contributed by atoms with van der Waals surface area (Å²) in [6.45, 7) is 4.70. The molecule has 0 aliphatic heterocycles. The van der Waals surface area contributed by atoms with Crippen LogP contribution in [-0.2, 0) is 5.41 Å². The molecule has 0 saturated heterocycles. The molecular formula is C53H37NO. The summed E-state index contributed by atoms with van der Waals surface area (Å²) in [5.41, 5.74) is 15.1. The van der Waals surface area contributed by atoms with E-state index in [4.69, 9.17) is 4.42 Å². The maximum absolute atomic E-state index is 6.43. The van der Waals surface area contributed by atoms with Crippen LogP contribution in [0.2, 0.25) is 0 Å². The predicted octanol–water partition coefficient (Wildman–Crippen LogP) is 15.0. The smallest absolute Gasteiger partial charge is 0.143 e. The number of para-hydroxylation sites is 2. The van der Waals surface area contributed by atoms with E-state index in [1.807, 2.05) is 12.1 Å². The van der Waals surface area contributed by atoms with Crippen LogP contribution in [0.3, 0.4) is 0 Å². The van der Waals surface area contributed by atoms with Gasteiger partial charge in [0.05, 0.1) is 0 Å². The molecule has 9 aromatic carbocycles. The Kier molecular flexibility index (Phi) is 6.93. The molecule has 0 bridgehead atoms. The van der Waals surface area contributed by atoms with Crippen molar-refractivity contribution in [2.24, 2.45) is 0 Å². The maximum atomic E-state index is 6.43. The van der Waals surface area contributed by atoms with Gasteiger partial charge < -0.3 is 9.32 Å². The molecule has 11 rings (SSSR count). The van der Waals surface area contributed by atoms with Crippen molar-refractivity contribution in [3.05, 3.63) is 199 Å². The molecule has 0 N–H and O–H groups in total. The Labute approximate surface area is 320 Å². The second-order valence-electron chi connectivity index (χ2n) is 15.3. The summed E-state index contributed by atoms with van der Waals surface area (Å²) in [5.74, 6) is 0. The van der Waals surface area contributed by atoms with Crippen molar-refractivity contribution in [2.45, 2.75) is 19.3 Å². The molecule has 2 nitrogen and oxygen atoms in total. The Morgan fingerprint density at radius 2 is 0.945 bits per heavy atom. The first-order chi connectivity index (χ1) is 27.0. The van der Waals surface area contributed by atoms with Crippen molar-refractivity contribution >= 4 is 60.5 Å². The molecule has 0 fully saturated rings. The van der Waals surface area contributed by atoms with Crippen LogP contribution < -0.4 is 4.90 Å². The third-order valence-electron chi connectivity index (χ3n) is 11.9. The minimum absolute atomic E-state index is 0.107. The maximum Gasteiger partial charge on any atom is 0.143 e. The zero-order valence-electron chi connectivity index (χ0n) is 30.8. The van der Waals surface area contributed by atoms with Gasteiger partial charge in [-0.2, -0.15) is 0 Å². The van der Waals surface area contributed by atoms with Crippen LogP contribution in [0, 0.1) is 0 Å². The predicted molar refractivity (Wildman–Crippen MR) is 232 cm³/mol. The lowest BCUT2D eigenvalue weighted by atomic mass is 9.82. The van der Waals surface area contributed by atoms with E-state index in [9.17, 15) is 0 Å². The molecular weight excluding hydrogens is 667 g/mol. The highest BCUT2D eigenvalue weighted by atomic mass is 16.3. The lowest BCUT2D eigenvalue weighted by Crippen LogP contribution is -2.16. The number of fused-ring (bicyclic) bond motifs is 9. The molecule has 260 valence electrons. The third-order valence-corrected chi connectivity index (χ3v) is 11.9. The van der Waals surface area contributed by atoms with Gasteiger partial charge in [0, 0.05) is 38.8 Å². The van der Waals surface area contributed by atoms with E-state index < -0.39 is 0 Å². The molecule has 0 spiro atoms. The Morgan fingerprint density at radius 3 is 1.73 bits per heavy atom. The zero-order chi connectivity index (χ0) is 36.7. The number of benzene rings is 9. The van der Waals surface area contributed by atoms with Gasteiger partial charge in [-0.3, -0.25) is 0 Å². The zero-order valence-corrected chi connectivity index (χ0v) is 30.8. The van der Waals surface area contributed by atoms with Crippen LogP contribution in [0.1, 0.15) is 25.0 Å². The molecule has 2 heteroatoms. The van der Waals surface area contributed by atoms with E-state index in [2.05, 4.69) is 195 Å². The highest BCUT2D eigenvalue weighted by molar-refractivity contribution is 6.14. The summed E-state index contributed by atoms with van der Waals surface area (Å²) in [6.07, 6.45) is 0. The summed E-state index contributed by atoms with van der Waals surface area (Å²) < 4.78 is 6.43. The van der Waals surface area contributed by atoms with Crippen LogP contribution in [0.25, 0.3) is 76.9 Å². The SMILES string of the molecule is CC1(C)c2ccccc2-c2ccc(N(c3ccc(-c4cc5ccccc5c5ccccc45)cc3)c3ccc(-c4cccc5c4oc4ccccc45)cc3)cc21. The van der Waals surface area contributed by atoms with E-state index in [1.54, 1.807) is 0 Å². The van der Waals surface area contributed by atoms with E-state index >= 15 is 0 Å². The molecule has 0 radical (unpaired) electrons. The van der Waals surface area contributed by atoms with Crippen LogP contribution in [0.15, 0.2) is 192 Å². The van der Waals surface area contributed by atoms with Gasteiger partial charge in [0.1, 0.15) is 11.2 Å². The number of nitrogens with zero attached hydrogens (tertiary/aromatic N) is 1. The molecule has 0 atom stereocenters. The van der Waals surface area contributed by atoms with Crippen LogP contribution >= 0.6 is 0 Å². The van der Waals surface area contributed by atoms with E-state index in [-0.39, 0.29) is 5.41 Å². The van der Waals surface area contributed by atoms with Crippen molar-refractivity contribution in [3.8, 4) is 33.4 Å². The highest BCUT2D eigenvalue weighted by Crippen LogP contribution is 2.51. The summed E-state index contributed by atoms with van der Waals surface area (Å²) in [6, 6.07) is 68.4. The first-order valence-electron chi connectivity index (χ1n) is 19.1. The third kappa shape index (κ3) is 4.88. The van der Waals surface area contributed by atoms with Crippen molar-refractivity contribution in [1.82, 2.24) is 0 Å².